The second-order valence-electron chi connectivity index (χ2n) is 4.04. The minimum Gasteiger partial charge on any atom is -0.323 e. The van der Waals surface area contributed by atoms with Gasteiger partial charge in [-0.2, -0.15) is 13.2 Å². The van der Waals surface area contributed by atoms with Gasteiger partial charge in [0.1, 0.15) is 0 Å². The van der Waals surface area contributed by atoms with Crippen molar-refractivity contribution in [1.82, 2.24) is 0 Å². The van der Waals surface area contributed by atoms with Gasteiger partial charge in [0.15, 0.2) is 0 Å². The Bertz CT molecular complexity index is 463. The van der Waals surface area contributed by atoms with Crippen molar-refractivity contribution in [3.63, 3.8) is 0 Å². The van der Waals surface area contributed by atoms with E-state index in [0.717, 1.165) is 6.07 Å². The molecule has 106 valence electrons. The average Bonchev–Trinajstić information content (AvgIpc) is 2.30. The fourth-order valence-electron chi connectivity index (χ4n) is 1.55. The summed E-state index contributed by atoms with van der Waals surface area (Å²) in [5.74, 6) is -0.680. The van der Waals surface area contributed by atoms with Crippen molar-refractivity contribution in [3.05, 3.63) is 28.8 Å². The van der Waals surface area contributed by atoms with Crippen LogP contribution in [0, 0.1) is 0 Å². The zero-order valence-corrected chi connectivity index (χ0v) is 11.0. The normalized spacial score (nSPS) is 13.2. The second kappa shape index (κ2) is 6.25. The molecular formula is C12H14ClF3N2O. The van der Waals surface area contributed by atoms with Gasteiger partial charge in [-0.3, -0.25) is 4.79 Å². The van der Waals surface area contributed by atoms with Crippen LogP contribution >= 0.6 is 11.6 Å². The molecular weight excluding hydrogens is 281 g/mol. The van der Waals surface area contributed by atoms with Gasteiger partial charge in [0.25, 0.3) is 0 Å². The Morgan fingerprint density at radius 1 is 1.47 bits per heavy atom. The van der Waals surface area contributed by atoms with Crippen LogP contribution in [0.15, 0.2) is 18.2 Å². The predicted molar refractivity (Wildman–Crippen MR) is 68.0 cm³/mol. The predicted octanol–water partition coefficient (Wildman–Crippen LogP) is 3.42. The quantitative estimate of drug-likeness (QED) is 0.894. The third-order valence-corrected chi connectivity index (χ3v) is 2.82. The van der Waals surface area contributed by atoms with E-state index in [9.17, 15) is 18.0 Å². The van der Waals surface area contributed by atoms with Crippen LogP contribution in [0.1, 0.15) is 25.3 Å². The minimum atomic E-state index is -4.59. The molecule has 0 aliphatic carbocycles. The summed E-state index contributed by atoms with van der Waals surface area (Å²) in [5.41, 5.74) is 4.11. The number of benzene rings is 1. The first-order chi connectivity index (χ1) is 8.77. The van der Waals surface area contributed by atoms with Gasteiger partial charge in [-0.15, -0.1) is 0 Å². The van der Waals surface area contributed by atoms with Crippen LogP contribution in [0.25, 0.3) is 0 Å². The van der Waals surface area contributed by atoms with Crippen molar-refractivity contribution in [2.45, 2.75) is 32.0 Å². The molecule has 0 aliphatic rings. The maximum Gasteiger partial charge on any atom is 0.418 e. The smallest absolute Gasteiger partial charge is 0.323 e. The molecule has 1 aromatic rings. The number of para-hydroxylation sites is 1. The maximum atomic E-state index is 12.8. The lowest BCUT2D eigenvalue weighted by molar-refractivity contribution is -0.137. The maximum absolute atomic E-state index is 12.8. The topological polar surface area (TPSA) is 55.1 Å². The molecule has 3 nitrogen and oxygen atoms in total. The number of halogens is 4. The molecule has 7 heteroatoms. The SMILES string of the molecule is CCC[C@H](N)C(=O)Nc1c(Cl)cccc1C(F)(F)F. The molecule has 0 unspecified atom stereocenters. The van der Waals surface area contributed by atoms with Crippen LogP contribution in [-0.2, 0) is 11.0 Å². The monoisotopic (exact) mass is 294 g/mol. The van der Waals surface area contributed by atoms with Crippen molar-refractivity contribution in [2.24, 2.45) is 5.73 Å². The number of hydrogen-bond donors (Lipinski definition) is 2. The average molecular weight is 295 g/mol. The largest absolute Gasteiger partial charge is 0.418 e. The lowest BCUT2D eigenvalue weighted by Gasteiger charge is -2.17. The first kappa shape index (κ1) is 15.8. The highest BCUT2D eigenvalue weighted by molar-refractivity contribution is 6.34. The van der Waals surface area contributed by atoms with Crippen molar-refractivity contribution >= 4 is 23.2 Å². The number of rotatable bonds is 4. The Labute approximate surface area is 113 Å². The molecule has 1 amide bonds. The van der Waals surface area contributed by atoms with Crippen LogP contribution in [0.5, 0.6) is 0 Å². The molecule has 0 saturated carbocycles. The zero-order chi connectivity index (χ0) is 14.6. The fraction of sp³-hybridized carbons (Fsp3) is 0.417. The zero-order valence-electron chi connectivity index (χ0n) is 10.2. The van der Waals surface area contributed by atoms with Crippen molar-refractivity contribution in [2.75, 3.05) is 5.32 Å². The van der Waals surface area contributed by atoms with Gasteiger partial charge in [-0.05, 0) is 18.6 Å². The summed E-state index contributed by atoms with van der Waals surface area (Å²) in [5, 5.41) is 1.98. The lowest BCUT2D eigenvalue weighted by Crippen LogP contribution is -2.36. The summed E-state index contributed by atoms with van der Waals surface area (Å²) in [7, 11) is 0. The van der Waals surface area contributed by atoms with Gasteiger partial charge in [-0.25, -0.2) is 0 Å². The van der Waals surface area contributed by atoms with Crippen molar-refractivity contribution < 1.29 is 18.0 Å². The highest BCUT2D eigenvalue weighted by atomic mass is 35.5. The molecule has 0 radical (unpaired) electrons. The van der Waals surface area contributed by atoms with E-state index in [4.69, 9.17) is 17.3 Å². The number of carbonyl (C=O) groups is 1. The van der Waals surface area contributed by atoms with Gasteiger partial charge < -0.3 is 11.1 Å². The second-order valence-corrected chi connectivity index (χ2v) is 4.45. The molecule has 0 bridgehead atoms. The standard InChI is InChI=1S/C12H14ClF3N2O/c1-2-4-9(17)11(19)18-10-7(12(14,15)16)5-3-6-8(10)13/h3,5-6,9H,2,4,17H2,1H3,(H,18,19)/t9-/m0/s1. The summed E-state index contributed by atoms with van der Waals surface area (Å²) in [4.78, 5) is 11.7. The fourth-order valence-corrected chi connectivity index (χ4v) is 1.77. The molecule has 1 aromatic carbocycles. The molecule has 0 saturated heterocycles. The summed E-state index contributed by atoms with van der Waals surface area (Å²) in [6, 6.07) is 2.44. The lowest BCUT2D eigenvalue weighted by atomic mass is 10.1. The number of nitrogens with one attached hydrogen (secondary N) is 1. The molecule has 0 heterocycles. The van der Waals surface area contributed by atoms with Gasteiger partial charge in [0, 0.05) is 0 Å². The Kier molecular flexibility index (Phi) is 5.20. The Morgan fingerprint density at radius 2 is 2.11 bits per heavy atom. The van der Waals surface area contributed by atoms with E-state index >= 15 is 0 Å². The molecule has 1 rings (SSSR count). The summed E-state index contributed by atoms with van der Waals surface area (Å²) in [6.07, 6.45) is -3.55. The number of alkyl halides is 3. The third kappa shape index (κ3) is 4.11. The van der Waals surface area contributed by atoms with Gasteiger partial charge in [-0.1, -0.05) is 31.0 Å². The van der Waals surface area contributed by atoms with E-state index in [1.807, 2.05) is 6.92 Å². The number of nitrogens with two attached hydrogens (primary N) is 1. The highest BCUT2D eigenvalue weighted by Gasteiger charge is 2.35. The van der Waals surface area contributed by atoms with Crippen molar-refractivity contribution in [1.29, 1.82) is 0 Å². The van der Waals surface area contributed by atoms with Crippen molar-refractivity contribution in [3.8, 4) is 0 Å². The van der Waals surface area contributed by atoms with Gasteiger partial charge in [0.05, 0.1) is 22.3 Å². The summed E-state index contributed by atoms with van der Waals surface area (Å²) >= 11 is 5.71. The van der Waals surface area contributed by atoms with E-state index in [2.05, 4.69) is 5.32 Å². The first-order valence-electron chi connectivity index (χ1n) is 5.69. The number of carbonyl (C=O) groups excluding carboxylic acids is 1. The molecule has 0 fully saturated rings. The van der Waals surface area contributed by atoms with Gasteiger partial charge >= 0.3 is 6.18 Å². The Balaban J connectivity index is 3.04. The molecule has 0 aliphatic heterocycles. The van der Waals surface area contributed by atoms with Gasteiger partial charge in [0.2, 0.25) is 5.91 Å². The first-order valence-corrected chi connectivity index (χ1v) is 6.07. The number of anilines is 1. The molecule has 3 N–H and O–H groups in total. The minimum absolute atomic E-state index is 0.174. The number of hydrogen-bond acceptors (Lipinski definition) is 2. The molecule has 19 heavy (non-hydrogen) atoms. The summed E-state index contributed by atoms with van der Waals surface area (Å²) in [6.45, 7) is 1.82. The van der Waals surface area contributed by atoms with E-state index < -0.39 is 29.4 Å². The van der Waals surface area contributed by atoms with Crippen LogP contribution in [0.4, 0.5) is 18.9 Å². The van der Waals surface area contributed by atoms with E-state index in [1.165, 1.54) is 12.1 Å². The molecule has 0 spiro atoms. The van der Waals surface area contributed by atoms with Crippen LogP contribution < -0.4 is 11.1 Å². The molecule has 0 aromatic heterocycles. The Morgan fingerprint density at radius 3 is 2.63 bits per heavy atom. The number of amides is 1. The van der Waals surface area contributed by atoms with Crippen LogP contribution in [0.3, 0.4) is 0 Å². The Hall–Kier alpha value is -1.27. The third-order valence-electron chi connectivity index (χ3n) is 2.50. The van der Waals surface area contributed by atoms with Crippen LogP contribution in [0.2, 0.25) is 5.02 Å². The summed E-state index contributed by atoms with van der Waals surface area (Å²) < 4.78 is 38.4. The molecule has 1 atom stereocenters. The van der Waals surface area contributed by atoms with E-state index in [-0.39, 0.29) is 5.02 Å². The highest BCUT2D eigenvalue weighted by Crippen LogP contribution is 2.38. The van der Waals surface area contributed by atoms with Crippen LogP contribution in [-0.4, -0.2) is 11.9 Å². The van der Waals surface area contributed by atoms with E-state index in [0.29, 0.717) is 12.8 Å². The van der Waals surface area contributed by atoms with E-state index in [1.54, 1.807) is 0 Å².